The molecular weight excluding hydrogens is 217 g/mol. The van der Waals surface area contributed by atoms with Crippen molar-refractivity contribution in [2.45, 2.75) is 74.4 Å². The molecule has 0 saturated carbocycles. The summed E-state index contributed by atoms with van der Waals surface area (Å²) in [6.07, 6.45) is 0. The second kappa shape index (κ2) is 4.86. The van der Waals surface area contributed by atoms with E-state index in [0.29, 0.717) is 0 Å². The van der Waals surface area contributed by atoms with Crippen LogP contribution in [0.25, 0.3) is 0 Å². The van der Waals surface area contributed by atoms with Crippen molar-refractivity contribution in [3.8, 4) is 0 Å². The molecule has 0 nitrogen and oxygen atoms in total. The molecule has 0 aliphatic rings. The van der Waals surface area contributed by atoms with Crippen molar-refractivity contribution in [1.82, 2.24) is 0 Å². The Morgan fingerprint density at radius 1 is 0.462 bits per heavy atom. The minimum absolute atomic E-state index is 0.958. The van der Waals surface area contributed by atoms with Gasteiger partial charge in [-0.05, 0) is 0 Å². The number of hydrogen-bond donors (Lipinski definition) is 0. The standard InChI is InChI=1S/C12H28Ge/c1-9(2)13(10(3)4,11(5)6)12(7)8/h9-12H,1-8H3. The summed E-state index contributed by atoms with van der Waals surface area (Å²) < 4.78 is 3.83. The summed E-state index contributed by atoms with van der Waals surface area (Å²) in [4.78, 5) is 0. The van der Waals surface area contributed by atoms with Gasteiger partial charge in [0.25, 0.3) is 0 Å². The zero-order chi connectivity index (χ0) is 10.8. The molecule has 0 spiro atoms. The molecule has 0 fully saturated rings. The third-order valence-electron chi connectivity index (χ3n) is 4.00. The van der Waals surface area contributed by atoms with Crippen LogP contribution < -0.4 is 0 Å². The first-order chi connectivity index (χ1) is 5.77. The van der Waals surface area contributed by atoms with Crippen molar-refractivity contribution >= 4 is 13.3 Å². The maximum absolute atomic E-state index is 2.46. The van der Waals surface area contributed by atoms with Crippen molar-refractivity contribution in [2.24, 2.45) is 0 Å². The van der Waals surface area contributed by atoms with Crippen LogP contribution in [0.2, 0.25) is 19.0 Å². The molecule has 0 N–H and O–H groups in total. The van der Waals surface area contributed by atoms with Crippen molar-refractivity contribution in [1.29, 1.82) is 0 Å². The molecule has 0 radical (unpaired) electrons. The second-order valence-corrected chi connectivity index (χ2v) is 19.5. The van der Waals surface area contributed by atoms with E-state index in [4.69, 9.17) is 0 Å². The SMILES string of the molecule is C[CH](C)[Ge]([CH](C)C)([CH](C)C)[CH](C)C. The fourth-order valence-electron chi connectivity index (χ4n) is 4.00. The summed E-state index contributed by atoms with van der Waals surface area (Å²) >= 11 is -1.67. The molecule has 0 heterocycles. The van der Waals surface area contributed by atoms with Crippen LogP contribution in [0.15, 0.2) is 0 Å². The van der Waals surface area contributed by atoms with Gasteiger partial charge >= 0.3 is 87.7 Å². The minimum atomic E-state index is -1.67. The third kappa shape index (κ3) is 2.31. The van der Waals surface area contributed by atoms with Crippen LogP contribution in [0.3, 0.4) is 0 Å². The average molecular weight is 245 g/mol. The topological polar surface area (TPSA) is 0 Å². The van der Waals surface area contributed by atoms with Gasteiger partial charge in [0.1, 0.15) is 0 Å². The summed E-state index contributed by atoms with van der Waals surface area (Å²) in [5.74, 6) is 0. The summed E-state index contributed by atoms with van der Waals surface area (Å²) in [5, 5.41) is 0. The van der Waals surface area contributed by atoms with Crippen molar-refractivity contribution in [3.05, 3.63) is 0 Å². The van der Waals surface area contributed by atoms with Crippen molar-refractivity contribution < 1.29 is 0 Å². The van der Waals surface area contributed by atoms with Crippen LogP contribution in [-0.4, -0.2) is 13.3 Å². The third-order valence-corrected chi connectivity index (χ3v) is 20.8. The van der Waals surface area contributed by atoms with E-state index in [1.165, 1.54) is 0 Å². The molecule has 0 aliphatic carbocycles. The van der Waals surface area contributed by atoms with Crippen molar-refractivity contribution in [2.75, 3.05) is 0 Å². The summed E-state index contributed by atoms with van der Waals surface area (Å²) in [6, 6.07) is 0. The van der Waals surface area contributed by atoms with Crippen LogP contribution in [0.1, 0.15) is 55.4 Å². The Hall–Kier alpha value is 0.543. The molecule has 0 aromatic carbocycles. The van der Waals surface area contributed by atoms with Crippen LogP contribution in [0.4, 0.5) is 0 Å². The van der Waals surface area contributed by atoms with E-state index in [0.717, 1.165) is 19.0 Å². The van der Waals surface area contributed by atoms with E-state index in [2.05, 4.69) is 55.4 Å². The Kier molecular flexibility index (Phi) is 5.06. The van der Waals surface area contributed by atoms with Gasteiger partial charge in [-0.2, -0.15) is 0 Å². The first-order valence-electron chi connectivity index (χ1n) is 5.77. The molecule has 13 heavy (non-hydrogen) atoms. The van der Waals surface area contributed by atoms with Gasteiger partial charge in [0.15, 0.2) is 0 Å². The summed E-state index contributed by atoms with van der Waals surface area (Å²) in [7, 11) is 0. The van der Waals surface area contributed by atoms with Gasteiger partial charge < -0.3 is 0 Å². The summed E-state index contributed by atoms with van der Waals surface area (Å²) in [5.41, 5.74) is 0. The second-order valence-electron chi connectivity index (χ2n) is 5.62. The van der Waals surface area contributed by atoms with E-state index in [-0.39, 0.29) is 0 Å². The van der Waals surface area contributed by atoms with E-state index >= 15 is 0 Å². The Morgan fingerprint density at radius 2 is 0.615 bits per heavy atom. The molecule has 0 aromatic rings. The fraction of sp³-hybridized carbons (Fsp3) is 1.00. The van der Waals surface area contributed by atoms with Gasteiger partial charge in [-0.3, -0.25) is 0 Å². The zero-order valence-electron chi connectivity index (χ0n) is 10.8. The van der Waals surface area contributed by atoms with E-state index in [1.807, 2.05) is 0 Å². The molecule has 0 bridgehead atoms. The van der Waals surface area contributed by atoms with Crippen LogP contribution in [0, 0.1) is 0 Å². The number of hydrogen-bond acceptors (Lipinski definition) is 0. The van der Waals surface area contributed by atoms with Crippen LogP contribution in [-0.2, 0) is 0 Å². The predicted octanol–water partition coefficient (Wildman–Crippen LogP) is 5.08. The van der Waals surface area contributed by atoms with Gasteiger partial charge in [-0.25, -0.2) is 0 Å². The molecule has 0 unspecified atom stereocenters. The first-order valence-corrected chi connectivity index (χ1v) is 10.6. The van der Waals surface area contributed by atoms with Gasteiger partial charge in [-0.15, -0.1) is 0 Å². The van der Waals surface area contributed by atoms with Gasteiger partial charge in [0, 0.05) is 0 Å². The Balaban J connectivity index is 5.06. The monoisotopic (exact) mass is 246 g/mol. The van der Waals surface area contributed by atoms with Crippen molar-refractivity contribution in [3.63, 3.8) is 0 Å². The molecular formula is C12H28Ge. The van der Waals surface area contributed by atoms with E-state index in [1.54, 1.807) is 0 Å². The average Bonchev–Trinajstić information content (AvgIpc) is 1.82. The summed E-state index contributed by atoms with van der Waals surface area (Å²) in [6.45, 7) is 19.7. The fourth-order valence-corrected chi connectivity index (χ4v) is 20.8. The van der Waals surface area contributed by atoms with E-state index < -0.39 is 13.3 Å². The van der Waals surface area contributed by atoms with Gasteiger partial charge in [0.05, 0.1) is 0 Å². The molecule has 0 amide bonds. The molecule has 1 heteroatoms. The molecule has 0 rings (SSSR count). The van der Waals surface area contributed by atoms with Crippen LogP contribution in [0.5, 0.6) is 0 Å². The number of rotatable bonds is 4. The van der Waals surface area contributed by atoms with Gasteiger partial charge in [0.2, 0.25) is 0 Å². The molecule has 80 valence electrons. The predicted molar refractivity (Wildman–Crippen MR) is 66.1 cm³/mol. The molecule has 0 atom stereocenters. The Labute approximate surface area is 87.9 Å². The van der Waals surface area contributed by atoms with Crippen LogP contribution >= 0.6 is 0 Å². The maximum atomic E-state index is 2.46. The normalized spacial score (nSPS) is 13.8. The molecule has 0 aliphatic heterocycles. The zero-order valence-corrected chi connectivity index (χ0v) is 12.9. The first kappa shape index (κ1) is 13.5. The van der Waals surface area contributed by atoms with E-state index in [9.17, 15) is 0 Å². The Bertz CT molecular complexity index is 108. The quantitative estimate of drug-likeness (QED) is 0.606. The molecule has 0 saturated heterocycles. The Morgan fingerprint density at radius 3 is 0.615 bits per heavy atom. The van der Waals surface area contributed by atoms with Gasteiger partial charge in [-0.1, -0.05) is 0 Å². The molecule has 0 aromatic heterocycles.